The highest BCUT2D eigenvalue weighted by Gasteiger charge is 2.47. The number of fused-ring (bicyclic) bond motifs is 4. The molecule has 4 rings (SSSR count). The Morgan fingerprint density at radius 1 is 0.633 bits per heavy atom. The maximum atomic E-state index is 8.12. The van der Waals surface area contributed by atoms with Gasteiger partial charge in [0.1, 0.15) is 0 Å². The van der Waals surface area contributed by atoms with E-state index in [4.69, 9.17) is 30.6 Å². The number of nitrogens with two attached hydrogens (primary N) is 2. The fourth-order valence-electron chi connectivity index (χ4n) is 5.63. The van der Waals surface area contributed by atoms with E-state index in [9.17, 15) is 0 Å². The molecule has 2 aliphatic carbocycles. The number of nitrogens with zero attached hydrogens (tertiary/aromatic N) is 2. The largest absolute Gasteiger partial charge is 0.373 e. The number of piperidine rings is 2. The van der Waals surface area contributed by atoms with Gasteiger partial charge in [-0.15, -0.1) is 0 Å². The minimum absolute atomic E-state index is 0.250. The molecule has 0 aromatic rings. The quantitative estimate of drug-likeness (QED) is 0.595. The molecule has 2 heterocycles. The second kappa shape index (κ2) is 10.8. The summed E-state index contributed by atoms with van der Waals surface area (Å²) in [7, 11) is 0. The average Bonchev–Trinajstić information content (AvgIpc) is 3.33. The van der Waals surface area contributed by atoms with Gasteiger partial charge in [0.2, 0.25) is 0 Å². The van der Waals surface area contributed by atoms with Crippen molar-refractivity contribution in [3.05, 3.63) is 0 Å². The first kappa shape index (κ1) is 26.6. The molecule has 6 unspecified atom stereocenters. The van der Waals surface area contributed by atoms with E-state index in [1.807, 2.05) is 0 Å². The van der Waals surface area contributed by atoms with Crippen LogP contribution in [0.3, 0.4) is 0 Å². The van der Waals surface area contributed by atoms with E-state index in [-0.39, 0.29) is 12.3 Å². The summed E-state index contributed by atoms with van der Waals surface area (Å²) in [4.78, 5) is 37.8. The molecule has 2 saturated carbocycles. The van der Waals surface area contributed by atoms with Gasteiger partial charge in [0.25, 0.3) is 0 Å². The van der Waals surface area contributed by atoms with E-state index < -0.39 is 0 Å². The predicted molar refractivity (Wildman–Crippen MR) is 112 cm³/mol. The highest BCUT2D eigenvalue weighted by molar-refractivity contribution is 5.20. The zero-order valence-corrected chi connectivity index (χ0v) is 19.4. The van der Waals surface area contributed by atoms with E-state index >= 15 is 0 Å². The molecule has 8 nitrogen and oxygen atoms in total. The summed E-state index contributed by atoms with van der Waals surface area (Å²) < 4.78 is 0. The molecule has 2 aliphatic heterocycles. The van der Waals surface area contributed by atoms with Crippen molar-refractivity contribution in [1.29, 1.82) is 0 Å². The van der Waals surface area contributed by atoms with Gasteiger partial charge >= 0.3 is 12.3 Å². The molecule has 0 amide bonds. The molecule has 4 aliphatic rings. The third kappa shape index (κ3) is 6.81. The molecule has 2 saturated heterocycles. The lowest BCUT2D eigenvalue weighted by Gasteiger charge is -2.40. The van der Waals surface area contributed by atoms with Crippen molar-refractivity contribution in [3.63, 3.8) is 0 Å². The van der Waals surface area contributed by atoms with Gasteiger partial charge in [-0.2, -0.15) is 19.2 Å². The van der Waals surface area contributed by atoms with Gasteiger partial charge in [-0.05, 0) is 79.1 Å². The first-order valence-corrected chi connectivity index (χ1v) is 10.8. The van der Waals surface area contributed by atoms with Gasteiger partial charge in [0, 0.05) is 48.3 Å². The Bertz CT molecular complexity index is 558. The molecule has 4 fully saturated rings. The lowest BCUT2D eigenvalue weighted by molar-refractivity contribution is -0.193. The third-order valence-corrected chi connectivity index (χ3v) is 6.92. The van der Waals surface area contributed by atoms with Gasteiger partial charge < -0.3 is 11.5 Å². The predicted octanol–water partition coefficient (Wildman–Crippen LogP) is 1.25. The van der Waals surface area contributed by atoms with E-state index in [0.717, 1.165) is 23.9 Å². The molecule has 0 radical (unpaired) electrons. The van der Waals surface area contributed by atoms with Crippen LogP contribution in [0.2, 0.25) is 0 Å². The second-order valence-corrected chi connectivity index (χ2v) is 10.9. The van der Waals surface area contributed by atoms with Crippen molar-refractivity contribution in [2.75, 3.05) is 13.1 Å². The molecule has 0 spiro atoms. The van der Waals surface area contributed by atoms with Crippen LogP contribution >= 0.6 is 0 Å². The molecule has 4 N–H and O–H groups in total. The Balaban J connectivity index is 0.000000239. The van der Waals surface area contributed by atoms with Crippen LogP contribution < -0.4 is 11.5 Å². The molecule has 30 heavy (non-hydrogen) atoms. The Kier molecular flexibility index (Phi) is 9.55. The minimum Gasteiger partial charge on any atom is -0.327 e. The van der Waals surface area contributed by atoms with Crippen molar-refractivity contribution in [2.24, 2.45) is 23.3 Å². The highest BCUT2D eigenvalue weighted by Crippen LogP contribution is 2.41. The fourth-order valence-corrected chi connectivity index (χ4v) is 5.63. The normalized spacial score (nSPS) is 34.5. The van der Waals surface area contributed by atoms with E-state index in [0.29, 0.717) is 23.2 Å². The summed E-state index contributed by atoms with van der Waals surface area (Å²) >= 11 is 0. The summed E-state index contributed by atoms with van der Waals surface area (Å²) in [6.45, 7) is 16.3. The third-order valence-electron chi connectivity index (χ3n) is 6.92. The Morgan fingerprint density at radius 2 is 0.900 bits per heavy atom. The number of carbonyl (C=O) groups excluding carboxylic acids is 4. The average molecular weight is 425 g/mol. The molecule has 0 aromatic carbocycles. The van der Waals surface area contributed by atoms with Gasteiger partial charge in [0.15, 0.2) is 0 Å². The van der Waals surface area contributed by atoms with Gasteiger partial charge in [-0.1, -0.05) is 0 Å². The zero-order chi connectivity index (χ0) is 23.3. The highest BCUT2D eigenvalue weighted by atomic mass is 16.2. The molecule has 4 bridgehead atoms. The van der Waals surface area contributed by atoms with Crippen LogP contribution in [-0.2, 0) is 19.2 Å². The van der Waals surface area contributed by atoms with E-state index in [1.165, 1.54) is 38.8 Å². The molecular formula is C22H40N4O4. The number of hydrogen-bond donors (Lipinski definition) is 2. The maximum Gasteiger partial charge on any atom is 0.373 e. The standard InChI is InChI=1S/2C10H20N2.2CO2/c2*1-10(2,3)12-6-7-4-8(12)5-9(7)11;2*2-1-3/h2*7-9H,4-6,11H2,1-3H3;;. The van der Waals surface area contributed by atoms with Crippen molar-refractivity contribution in [1.82, 2.24) is 9.80 Å². The molecular weight excluding hydrogens is 384 g/mol. The van der Waals surface area contributed by atoms with Crippen molar-refractivity contribution in [2.45, 2.75) is 102 Å². The van der Waals surface area contributed by atoms with Gasteiger partial charge in [-0.25, -0.2) is 0 Å². The smallest absolute Gasteiger partial charge is 0.327 e. The summed E-state index contributed by atoms with van der Waals surface area (Å²) in [5.74, 6) is 1.57. The Labute approximate surface area is 180 Å². The monoisotopic (exact) mass is 424 g/mol. The summed E-state index contributed by atoms with van der Waals surface area (Å²) in [6, 6.07) is 2.55. The van der Waals surface area contributed by atoms with Crippen molar-refractivity contribution >= 4 is 12.3 Å². The van der Waals surface area contributed by atoms with Crippen molar-refractivity contribution in [3.8, 4) is 0 Å². The Morgan fingerprint density at radius 3 is 1.03 bits per heavy atom. The molecule has 0 aromatic heterocycles. The van der Waals surface area contributed by atoms with Crippen LogP contribution in [0, 0.1) is 11.8 Å². The Hall–Kier alpha value is -1.40. The summed E-state index contributed by atoms with van der Waals surface area (Å²) in [5.41, 5.74) is 12.7. The zero-order valence-electron chi connectivity index (χ0n) is 19.4. The van der Waals surface area contributed by atoms with E-state index in [2.05, 4.69) is 51.3 Å². The number of likely N-dealkylation sites (tertiary alicyclic amines) is 2. The SMILES string of the molecule is CC(C)(C)N1CC2CC1CC2N.CC(C)(C)N1CC2CC1CC2N.O=C=O.O=C=O. The second-order valence-electron chi connectivity index (χ2n) is 10.9. The molecule has 8 heteroatoms. The minimum atomic E-state index is 0.250. The van der Waals surface area contributed by atoms with Gasteiger partial charge in [-0.3, -0.25) is 9.80 Å². The van der Waals surface area contributed by atoms with Crippen LogP contribution in [0.4, 0.5) is 0 Å². The lowest BCUT2D eigenvalue weighted by atomic mass is 9.98. The van der Waals surface area contributed by atoms with Crippen LogP contribution in [0.15, 0.2) is 0 Å². The topological polar surface area (TPSA) is 127 Å². The van der Waals surface area contributed by atoms with E-state index in [1.54, 1.807) is 0 Å². The first-order valence-electron chi connectivity index (χ1n) is 10.8. The van der Waals surface area contributed by atoms with Crippen LogP contribution in [0.5, 0.6) is 0 Å². The van der Waals surface area contributed by atoms with Gasteiger partial charge in [0.05, 0.1) is 0 Å². The van der Waals surface area contributed by atoms with Crippen LogP contribution in [-0.4, -0.2) is 70.4 Å². The lowest BCUT2D eigenvalue weighted by Crippen LogP contribution is -2.50. The summed E-state index contributed by atoms with van der Waals surface area (Å²) in [6.07, 6.45) is 5.64. The molecule has 172 valence electrons. The molecule has 6 atom stereocenters. The van der Waals surface area contributed by atoms with Crippen LogP contribution in [0.1, 0.15) is 67.2 Å². The van der Waals surface area contributed by atoms with Crippen LogP contribution in [0.25, 0.3) is 0 Å². The maximum absolute atomic E-state index is 8.12. The number of hydrogen-bond acceptors (Lipinski definition) is 8. The first-order chi connectivity index (χ1) is 13.8. The number of rotatable bonds is 0. The van der Waals surface area contributed by atoms with Crippen molar-refractivity contribution < 1.29 is 19.2 Å². The summed E-state index contributed by atoms with van der Waals surface area (Å²) in [5, 5.41) is 0. The fraction of sp³-hybridized carbons (Fsp3) is 0.909.